The van der Waals surface area contributed by atoms with Crippen molar-refractivity contribution in [2.24, 2.45) is 5.92 Å². The third kappa shape index (κ3) is 3.22. The summed E-state index contributed by atoms with van der Waals surface area (Å²) >= 11 is 0. The Labute approximate surface area is 110 Å². The zero-order valence-electron chi connectivity index (χ0n) is 11.9. The number of hydrogen-bond donors (Lipinski definition) is 0. The van der Waals surface area contributed by atoms with Crippen molar-refractivity contribution in [3.8, 4) is 6.07 Å². The van der Waals surface area contributed by atoms with E-state index in [1.165, 1.54) is 12.8 Å². The second kappa shape index (κ2) is 7.00. The topological polar surface area (TPSA) is 39.9 Å². The molecule has 0 saturated carbocycles. The van der Waals surface area contributed by atoms with Gasteiger partial charge in [-0.3, -0.25) is 0 Å². The Kier molecular flexibility index (Phi) is 5.64. The molecule has 0 aromatic carbocycles. The van der Waals surface area contributed by atoms with E-state index in [0.29, 0.717) is 11.5 Å². The lowest BCUT2D eigenvalue weighted by Crippen LogP contribution is -2.30. The highest BCUT2D eigenvalue weighted by molar-refractivity contribution is 5.57. The van der Waals surface area contributed by atoms with E-state index in [-0.39, 0.29) is 0 Å². The summed E-state index contributed by atoms with van der Waals surface area (Å²) < 4.78 is 0. The number of hydrogen-bond acceptors (Lipinski definition) is 3. The number of anilines is 1. The highest BCUT2D eigenvalue weighted by atomic mass is 15.2. The summed E-state index contributed by atoms with van der Waals surface area (Å²) in [6.45, 7) is 10.4. The van der Waals surface area contributed by atoms with Crippen molar-refractivity contribution in [1.82, 2.24) is 4.98 Å². The van der Waals surface area contributed by atoms with Gasteiger partial charge in [-0.05, 0) is 31.4 Å². The van der Waals surface area contributed by atoms with E-state index in [9.17, 15) is 5.26 Å². The van der Waals surface area contributed by atoms with Gasteiger partial charge in [-0.1, -0.05) is 26.7 Å². The van der Waals surface area contributed by atoms with E-state index in [1.54, 1.807) is 6.20 Å². The Hall–Kier alpha value is -1.56. The Morgan fingerprint density at radius 1 is 1.33 bits per heavy atom. The maximum atomic E-state index is 9.28. The molecule has 1 rings (SSSR count). The molecule has 3 nitrogen and oxygen atoms in total. The number of nitriles is 1. The molecular weight excluding hydrogens is 222 g/mol. The average molecular weight is 245 g/mol. The Morgan fingerprint density at radius 3 is 2.50 bits per heavy atom. The Morgan fingerprint density at radius 2 is 2.00 bits per heavy atom. The van der Waals surface area contributed by atoms with E-state index in [0.717, 1.165) is 24.5 Å². The quantitative estimate of drug-likeness (QED) is 0.769. The summed E-state index contributed by atoms with van der Waals surface area (Å²) in [4.78, 5) is 6.63. The summed E-state index contributed by atoms with van der Waals surface area (Å²) in [6.07, 6.45) is 4.13. The fraction of sp³-hybridized carbons (Fsp3) is 0.600. The van der Waals surface area contributed by atoms with Crippen molar-refractivity contribution in [2.75, 3.05) is 18.0 Å². The fourth-order valence-electron chi connectivity index (χ4n) is 2.15. The number of aromatic nitrogens is 1. The van der Waals surface area contributed by atoms with Crippen LogP contribution in [0.2, 0.25) is 0 Å². The molecule has 1 aromatic rings. The van der Waals surface area contributed by atoms with Crippen LogP contribution in [0.1, 0.15) is 44.7 Å². The molecule has 0 aliphatic rings. The van der Waals surface area contributed by atoms with Gasteiger partial charge in [0.2, 0.25) is 0 Å². The van der Waals surface area contributed by atoms with Gasteiger partial charge in [-0.2, -0.15) is 5.26 Å². The van der Waals surface area contributed by atoms with Gasteiger partial charge in [0.05, 0.1) is 5.56 Å². The Balaban J connectivity index is 3.02. The lowest BCUT2D eigenvalue weighted by atomic mass is 10.0. The predicted octanol–water partition coefficient (Wildman–Crippen LogP) is 3.52. The highest BCUT2D eigenvalue weighted by Gasteiger charge is 2.16. The predicted molar refractivity (Wildman–Crippen MR) is 75.6 cm³/mol. The minimum atomic E-state index is 0.666. The molecule has 0 aliphatic heterocycles. The standard InChI is InChI=1S/C15H23N3/c1-5-13(6-2)11-18(7-3)15-14(10-16)12(4)8-9-17-15/h8-9,13H,5-7,11H2,1-4H3. The summed E-state index contributed by atoms with van der Waals surface area (Å²) in [5.74, 6) is 1.51. The first-order valence-electron chi connectivity index (χ1n) is 6.78. The second-order valence-corrected chi connectivity index (χ2v) is 4.66. The van der Waals surface area contributed by atoms with Crippen LogP contribution < -0.4 is 4.90 Å². The molecule has 0 bridgehead atoms. The van der Waals surface area contributed by atoms with E-state index in [1.807, 2.05) is 13.0 Å². The minimum absolute atomic E-state index is 0.666. The van der Waals surface area contributed by atoms with Crippen LogP contribution in [-0.2, 0) is 0 Å². The molecule has 0 aliphatic carbocycles. The molecule has 0 N–H and O–H groups in total. The van der Waals surface area contributed by atoms with Gasteiger partial charge in [0, 0.05) is 19.3 Å². The van der Waals surface area contributed by atoms with Crippen molar-refractivity contribution in [1.29, 1.82) is 5.26 Å². The third-order valence-electron chi connectivity index (χ3n) is 3.57. The van der Waals surface area contributed by atoms with Crippen molar-refractivity contribution in [3.05, 3.63) is 23.4 Å². The lowest BCUT2D eigenvalue weighted by molar-refractivity contribution is 0.484. The van der Waals surface area contributed by atoms with E-state index < -0.39 is 0 Å². The molecule has 0 radical (unpaired) electrons. The number of nitrogens with zero attached hydrogens (tertiary/aromatic N) is 3. The SMILES string of the molecule is CCC(CC)CN(CC)c1nccc(C)c1C#N. The second-order valence-electron chi connectivity index (χ2n) is 4.66. The van der Waals surface area contributed by atoms with Gasteiger partial charge >= 0.3 is 0 Å². The minimum Gasteiger partial charge on any atom is -0.356 e. The van der Waals surface area contributed by atoms with Crippen LogP contribution in [0.4, 0.5) is 5.82 Å². The van der Waals surface area contributed by atoms with Gasteiger partial charge in [0.25, 0.3) is 0 Å². The molecule has 0 fully saturated rings. The smallest absolute Gasteiger partial charge is 0.146 e. The molecule has 0 spiro atoms. The number of pyridine rings is 1. The van der Waals surface area contributed by atoms with Gasteiger partial charge in [-0.15, -0.1) is 0 Å². The Bertz CT molecular complexity index is 416. The molecule has 18 heavy (non-hydrogen) atoms. The average Bonchev–Trinajstić information content (AvgIpc) is 2.40. The monoisotopic (exact) mass is 245 g/mol. The van der Waals surface area contributed by atoms with Crippen LogP contribution in [0.25, 0.3) is 0 Å². The summed E-state index contributed by atoms with van der Waals surface area (Å²) in [6, 6.07) is 4.18. The summed E-state index contributed by atoms with van der Waals surface area (Å²) in [5, 5.41) is 9.28. The molecule has 0 saturated heterocycles. The molecule has 0 unspecified atom stereocenters. The normalized spacial score (nSPS) is 10.4. The molecular formula is C15H23N3. The van der Waals surface area contributed by atoms with Gasteiger partial charge < -0.3 is 4.90 Å². The lowest BCUT2D eigenvalue weighted by Gasteiger charge is -2.27. The highest BCUT2D eigenvalue weighted by Crippen LogP contribution is 2.22. The molecule has 1 aromatic heterocycles. The van der Waals surface area contributed by atoms with Crippen LogP contribution in [0.15, 0.2) is 12.3 Å². The van der Waals surface area contributed by atoms with E-state index >= 15 is 0 Å². The molecule has 0 atom stereocenters. The zero-order chi connectivity index (χ0) is 13.5. The van der Waals surface area contributed by atoms with Crippen molar-refractivity contribution < 1.29 is 0 Å². The summed E-state index contributed by atoms with van der Waals surface area (Å²) in [7, 11) is 0. The van der Waals surface area contributed by atoms with Gasteiger partial charge in [0.1, 0.15) is 11.9 Å². The maximum Gasteiger partial charge on any atom is 0.146 e. The molecule has 0 amide bonds. The molecule has 98 valence electrons. The third-order valence-corrected chi connectivity index (χ3v) is 3.57. The van der Waals surface area contributed by atoms with Crippen LogP contribution >= 0.6 is 0 Å². The van der Waals surface area contributed by atoms with Crippen molar-refractivity contribution in [3.63, 3.8) is 0 Å². The first kappa shape index (κ1) is 14.5. The first-order valence-corrected chi connectivity index (χ1v) is 6.78. The van der Waals surface area contributed by atoms with Crippen LogP contribution in [0.5, 0.6) is 0 Å². The fourth-order valence-corrected chi connectivity index (χ4v) is 2.15. The van der Waals surface area contributed by atoms with Crippen molar-refractivity contribution >= 4 is 5.82 Å². The first-order chi connectivity index (χ1) is 8.67. The van der Waals surface area contributed by atoms with Crippen LogP contribution in [-0.4, -0.2) is 18.1 Å². The molecule has 1 heterocycles. The van der Waals surface area contributed by atoms with Crippen LogP contribution in [0, 0.1) is 24.2 Å². The van der Waals surface area contributed by atoms with E-state index in [2.05, 4.69) is 36.7 Å². The number of rotatable bonds is 6. The summed E-state index contributed by atoms with van der Waals surface area (Å²) in [5.41, 5.74) is 1.72. The zero-order valence-corrected chi connectivity index (χ0v) is 11.9. The largest absolute Gasteiger partial charge is 0.356 e. The molecule has 3 heteroatoms. The van der Waals surface area contributed by atoms with Gasteiger partial charge in [0.15, 0.2) is 0 Å². The van der Waals surface area contributed by atoms with E-state index in [4.69, 9.17) is 0 Å². The maximum absolute atomic E-state index is 9.28. The van der Waals surface area contributed by atoms with Crippen LogP contribution in [0.3, 0.4) is 0 Å². The van der Waals surface area contributed by atoms with Crippen molar-refractivity contribution in [2.45, 2.75) is 40.5 Å². The van der Waals surface area contributed by atoms with Gasteiger partial charge in [-0.25, -0.2) is 4.98 Å². The number of aryl methyl sites for hydroxylation is 1.